The summed E-state index contributed by atoms with van der Waals surface area (Å²) in [7, 11) is 0. The van der Waals surface area contributed by atoms with Crippen LogP contribution < -0.4 is 5.32 Å². The maximum atomic E-state index is 13.1. The maximum Gasteiger partial charge on any atom is 0.242 e. The molecule has 4 aliphatic rings. The van der Waals surface area contributed by atoms with E-state index in [-0.39, 0.29) is 11.4 Å². The third-order valence-electron chi connectivity index (χ3n) is 6.61. The van der Waals surface area contributed by atoms with Crippen LogP contribution in [0.1, 0.15) is 44.9 Å². The lowest BCUT2D eigenvalue weighted by Gasteiger charge is -2.60. The van der Waals surface area contributed by atoms with Crippen molar-refractivity contribution in [3.05, 3.63) is 28.7 Å². The number of nitrogens with one attached hydrogen (secondary N) is 1. The second-order valence-corrected chi connectivity index (χ2v) is 9.37. The van der Waals surface area contributed by atoms with Gasteiger partial charge in [-0.25, -0.2) is 0 Å². The number of halogens is 1. The summed E-state index contributed by atoms with van der Waals surface area (Å²) < 4.78 is 1.03. The highest BCUT2D eigenvalue weighted by Gasteiger charge is 2.54. The Kier molecular flexibility index (Phi) is 4.96. The Balaban J connectivity index is 1.48. The van der Waals surface area contributed by atoms with E-state index in [0.29, 0.717) is 19.5 Å². The molecule has 4 bridgehead atoms. The van der Waals surface area contributed by atoms with Crippen molar-refractivity contribution in [2.45, 2.75) is 50.5 Å². The fraction of sp³-hybridized carbons (Fsp3) is 0.619. The van der Waals surface area contributed by atoms with E-state index in [0.717, 1.165) is 47.2 Å². The Morgan fingerprint density at radius 2 is 1.73 bits per heavy atom. The average molecular weight is 416 g/mol. The number of nitrogens with zero attached hydrogens (tertiary/aromatic N) is 2. The van der Waals surface area contributed by atoms with Crippen LogP contribution in [0.3, 0.4) is 0 Å². The van der Waals surface area contributed by atoms with Gasteiger partial charge in [0.2, 0.25) is 5.91 Å². The molecule has 1 aromatic carbocycles. The van der Waals surface area contributed by atoms with Crippen LogP contribution in [0.4, 0.5) is 5.69 Å². The minimum absolute atomic E-state index is 0.0179. The third-order valence-corrected chi connectivity index (χ3v) is 7.14. The van der Waals surface area contributed by atoms with E-state index in [1.54, 1.807) is 0 Å². The highest BCUT2D eigenvalue weighted by Crippen LogP contribution is 2.57. The van der Waals surface area contributed by atoms with Crippen molar-refractivity contribution in [1.29, 1.82) is 5.26 Å². The van der Waals surface area contributed by atoms with E-state index >= 15 is 0 Å². The van der Waals surface area contributed by atoms with Gasteiger partial charge in [-0.1, -0.05) is 15.9 Å². The van der Waals surface area contributed by atoms with E-state index in [1.807, 2.05) is 24.3 Å². The Morgan fingerprint density at radius 1 is 1.15 bits per heavy atom. The predicted molar refractivity (Wildman–Crippen MR) is 105 cm³/mol. The molecule has 0 radical (unpaired) electrons. The number of rotatable bonds is 6. The summed E-state index contributed by atoms with van der Waals surface area (Å²) in [5.74, 6) is 2.51. The van der Waals surface area contributed by atoms with Crippen molar-refractivity contribution in [3.8, 4) is 6.07 Å². The van der Waals surface area contributed by atoms with E-state index in [4.69, 9.17) is 5.26 Å². The van der Waals surface area contributed by atoms with E-state index in [2.05, 4.69) is 32.2 Å². The summed E-state index contributed by atoms with van der Waals surface area (Å²) in [5, 5.41) is 12.4. The zero-order valence-electron chi connectivity index (χ0n) is 15.1. The fourth-order valence-electron chi connectivity index (χ4n) is 6.02. The van der Waals surface area contributed by atoms with Gasteiger partial charge in [-0.3, -0.25) is 4.79 Å². The summed E-state index contributed by atoms with van der Waals surface area (Å²) in [6.07, 6.45) is 7.94. The number of hydrogen-bond acceptors (Lipinski definition) is 3. The summed E-state index contributed by atoms with van der Waals surface area (Å²) >= 11 is 3.43. The van der Waals surface area contributed by atoms with Crippen molar-refractivity contribution >= 4 is 27.5 Å². The molecule has 5 rings (SSSR count). The molecule has 0 atom stereocenters. The number of carbonyl (C=O) groups excluding carboxylic acids is 1. The first-order valence-electron chi connectivity index (χ1n) is 9.75. The molecule has 26 heavy (non-hydrogen) atoms. The number of carbonyl (C=O) groups is 1. The summed E-state index contributed by atoms with van der Waals surface area (Å²) in [6.45, 7) is 0.873. The second-order valence-electron chi connectivity index (χ2n) is 8.46. The lowest BCUT2D eigenvalue weighted by atomic mass is 9.52. The van der Waals surface area contributed by atoms with Crippen molar-refractivity contribution in [2.24, 2.45) is 17.8 Å². The summed E-state index contributed by atoms with van der Waals surface area (Å²) in [5.41, 5.74) is 0.969. The molecule has 4 aliphatic carbocycles. The van der Waals surface area contributed by atoms with Crippen LogP contribution in [0.25, 0.3) is 0 Å². The van der Waals surface area contributed by atoms with Gasteiger partial charge in [0.25, 0.3) is 0 Å². The lowest BCUT2D eigenvalue weighted by Crippen LogP contribution is -2.62. The molecule has 0 aliphatic heterocycles. The molecule has 1 aromatic rings. The van der Waals surface area contributed by atoms with Crippen LogP contribution in [-0.2, 0) is 4.79 Å². The molecule has 4 fully saturated rings. The zero-order valence-corrected chi connectivity index (χ0v) is 16.7. The fourth-order valence-corrected chi connectivity index (χ4v) is 6.29. The Bertz CT molecular complexity index is 674. The van der Waals surface area contributed by atoms with Crippen molar-refractivity contribution in [1.82, 2.24) is 4.90 Å². The van der Waals surface area contributed by atoms with Gasteiger partial charge in [-0.05, 0) is 80.5 Å². The molecule has 0 unspecified atom stereocenters. The largest absolute Gasteiger partial charge is 0.376 e. The molecule has 138 valence electrons. The molecule has 0 heterocycles. The van der Waals surface area contributed by atoms with Crippen LogP contribution >= 0.6 is 15.9 Å². The quantitative estimate of drug-likeness (QED) is 0.739. The minimum Gasteiger partial charge on any atom is -0.376 e. The van der Waals surface area contributed by atoms with Crippen LogP contribution in [-0.4, -0.2) is 29.4 Å². The second kappa shape index (κ2) is 7.23. The third kappa shape index (κ3) is 3.49. The SMILES string of the molecule is N#CCCN(C(=O)CNc1ccc(Br)cc1)C12CC3CC(CC(C3)C1)C2. The Hall–Kier alpha value is -1.54. The van der Waals surface area contributed by atoms with Crippen LogP contribution in [0.15, 0.2) is 28.7 Å². The first-order valence-corrected chi connectivity index (χ1v) is 10.5. The molecule has 1 N–H and O–H groups in total. The summed E-state index contributed by atoms with van der Waals surface area (Å²) in [4.78, 5) is 15.2. The van der Waals surface area contributed by atoms with E-state index in [1.165, 1.54) is 19.3 Å². The van der Waals surface area contributed by atoms with Crippen molar-refractivity contribution in [3.63, 3.8) is 0 Å². The molecule has 4 nitrogen and oxygen atoms in total. The van der Waals surface area contributed by atoms with Crippen molar-refractivity contribution < 1.29 is 4.79 Å². The van der Waals surface area contributed by atoms with E-state index < -0.39 is 0 Å². The molecule has 0 saturated heterocycles. The van der Waals surface area contributed by atoms with Crippen LogP contribution in [0.5, 0.6) is 0 Å². The number of benzene rings is 1. The summed E-state index contributed by atoms with van der Waals surface area (Å²) in [6, 6.07) is 10.1. The predicted octanol–water partition coefficient (Wildman–Crippen LogP) is 4.57. The Labute approximate surface area is 164 Å². The standard InChI is InChI=1S/C21H26BrN3O/c22-18-2-4-19(5-3-18)24-14-20(26)25(7-1-6-23)21-11-15-8-16(12-21)10-17(9-15)13-21/h2-5,15-17,24H,1,7-14H2. The first-order chi connectivity index (χ1) is 12.6. The Morgan fingerprint density at radius 3 is 2.27 bits per heavy atom. The normalized spacial score (nSPS) is 31.5. The molecular weight excluding hydrogens is 390 g/mol. The number of nitriles is 1. The molecular formula is C21H26BrN3O. The maximum absolute atomic E-state index is 13.1. The number of anilines is 1. The van der Waals surface area contributed by atoms with Crippen LogP contribution in [0, 0.1) is 29.1 Å². The highest BCUT2D eigenvalue weighted by molar-refractivity contribution is 9.10. The van der Waals surface area contributed by atoms with Gasteiger partial charge < -0.3 is 10.2 Å². The lowest BCUT2D eigenvalue weighted by molar-refractivity contribution is -0.148. The number of amides is 1. The van der Waals surface area contributed by atoms with Gasteiger partial charge in [0.15, 0.2) is 0 Å². The van der Waals surface area contributed by atoms with Gasteiger partial charge >= 0.3 is 0 Å². The van der Waals surface area contributed by atoms with Crippen molar-refractivity contribution in [2.75, 3.05) is 18.4 Å². The van der Waals surface area contributed by atoms with Gasteiger partial charge in [0.1, 0.15) is 0 Å². The van der Waals surface area contributed by atoms with Gasteiger partial charge in [0.05, 0.1) is 19.0 Å². The highest BCUT2D eigenvalue weighted by atomic mass is 79.9. The minimum atomic E-state index is 0.0179. The van der Waals surface area contributed by atoms with Gasteiger partial charge in [-0.15, -0.1) is 0 Å². The first kappa shape index (κ1) is 17.9. The van der Waals surface area contributed by atoms with Gasteiger partial charge in [0, 0.05) is 22.2 Å². The van der Waals surface area contributed by atoms with Gasteiger partial charge in [-0.2, -0.15) is 5.26 Å². The monoisotopic (exact) mass is 415 g/mol. The smallest absolute Gasteiger partial charge is 0.242 e. The molecule has 1 amide bonds. The molecule has 5 heteroatoms. The molecule has 4 saturated carbocycles. The molecule has 0 spiro atoms. The zero-order chi connectivity index (χ0) is 18.1. The number of hydrogen-bond donors (Lipinski definition) is 1. The van der Waals surface area contributed by atoms with Crippen LogP contribution in [0.2, 0.25) is 0 Å². The van der Waals surface area contributed by atoms with E-state index in [9.17, 15) is 4.79 Å². The average Bonchev–Trinajstić information content (AvgIpc) is 2.60. The molecule has 0 aromatic heterocycles. The topological polar surface area (TPSA) is 56.1 Å².